The number of nitrogens with zero attached hydrogens (tertiary/aromatic N) is 1. The molecule has 2 amide bonds. The largest absolute Gasteiger partial charge is 0.396 e. The minimum absolute atomic E-state index is 0.136. The second kappa shape index (κ2) is 8.21. The van der Waals surface area contributed by atoms with Crippen LogP contribution in [-0.2, 0) is 4.74 Å². The molecule has 0 radical (unpaired) electrons. The molecule has 2 rings (SSSR count). The molecule has 1 atom stereocenters. The van der Waals surface area contributed by atoms with Gasteiger partial charge in [-0.1, -0.05) is 6.07 Å². The fourth-order valence-corrected chi connectivity index (χ4v) is 2.68. The molecule has 0 aromatic heterocycles. The van der Waals surface area contributed by atoms with Crippen molar-refractivity contribution in [3.8, 4) is 0 Å². The number of hydrogen-bond acceptors (Lipinski definition) is 3. The lowest BCUT2D eigenvalue weighted by Crippen LogP contribution is -2.46. The van der Waals surface area contributed by atoms with Crippen LogP contribution in [0, 0.1) is 17.6 Å². The van der Waals surface area contributed by atoms with Gasteiger partial charge in [-0.3, -0.25) is 0 Å². The van der Waals surface area contributed by atoms with Gasteiger partial charge in [0.15, 0.2) is 11.6 Å². The van der Waals surface area contributed by atoms with Crippen LogP contribution in [0.15, 0.2) is 18.2 Å². The van der Waals surface area contributed by atoms with Crippen molar-refractivity contribution in [1.29, 1.82) is 0 Å². The first-order valence-electron chi connectivity index (χ1n) is 7.65. The predicted octanol–water partition coefficient (Wildman–Crippen LogP) is 2.07. The molecule has 1 aliphatic rings. The van der Waals surface area contributed by atoms with E-state index in [1.165, 1.54) is 13.2 Å². The molecule has 23 heavy (non-hydrogen) atoms. The van der Waals surface area contributed by atoms with Gasteiger partial charge in [-0.15, -0.1) is 0 Å². The third-order valence-corrected chi connectivity index (χ3v) is 4.14. The number of aliphatic hydroxyl groups is 1. The molecular weight excluding hydrogens is 306 g/mol. The van der Waals surface area contributed by atoms with Crippen LogP contribution in [0.5, 0.6) is 0 Å². The van der Waals surface area contributed by atoms with Gasteiger partial charge in [0.2, 0.25) is 0 Å². The number of rotatable bonds is 5. The first-order valence-corrected chi connectivity index (χ1v) is 7.65. The van der Waals surface area contributed by atoms with Crippen LogP contribution >= 0.6 is 0 Å². The van der Waals surface area contributed by atoms with Gasteiger partial charge in [0.25, 0.3) is 0 Å². The van der Waals surface area contributed by atoms with Crippen LogP contribution in [0.2, 0.25) is 0 Å². The van der Waals surface area contributed by atoms with E-state index in [2.05, 4.69) is 5.32 Å². The summed E-state index contributed by atoms with van der Waals surface area (Å²) in [5, 5.41) is 11.9. The predicted molar refractivity (Wildman–Crippen MR) is 80.9 cm³/mol. The molecule has 5 nitrogen and oxygen atoms in total. The van der Waals surface area contributed by atoms with Crippen molar-refractivity contribution < 1.29 is 23.4 Å². The lowest BCUT2D eigenvalue weighted by Gasteiger charge is -2.32. The highest BCUT2D eigenvalue weighted by atomic mass is 19.2. The summed E-state index contributed by atoms with van der Waals surface area (Å²) in [7, 11) is 1.48. The molecule has 1 aromatic rings. The Balaban J connectivity index is 2.01. The maximum absolute atomic E-state index is 13.4. The fraction of sp³-hybridized carbons (Fsp3) is 0.562. The van der Waals surface area contributed by atoms with Crippen molar-refractivity contribution in [2.75, 3.05) is 33.4 Å². The van der Waals surface area contributed by atoms with Gasteiger partial charge in [-0.2, -0.15) is 0 Å². The van der Waals surface area contributed by atoms with E-state index in [1.54, 1.807) is 4.90 Å². The topological polar surface area (TPSA) is 61.8 Å². The third-order valence-electron chi connectivity index (χ3n) is 4.14. The first kappa shape index (κ1) is 17.6. The molecule has 0 spiro atoms. The van der Waals surface area contributed by atoms with E-state index in [0.717, 1.165) is 25.0 Å². The van der Waals surface area contributed by atoms with E-state index in [1.807, 2.05) is 0 Å². The van der Waals surface area contributed by atoms with Crippen molar-refractivity contribution in [1.82, 2.24) is 10.2 Å². The zero-order valence-electron chi connectivity index (χ0n) is 13.1. The van der Waals surface area contributed by atoms with Gasteiger partial charge < -0.3 is 20.1 Å². The number of methoxy groups -OCH3 is 1. The van der Waals surface area contributed by atoms with Gasteiger partial charge in [0.05, 0.1) is 12.6 Å². The fourth-order valence-electron chi connectivity index (χ4n) is 2.68. The summed E-state index contributed by atoms with van der Waals surface area (Å²) in [4.78, 5) is 14.0. The average Bonchev–Trinajstić information content (AvgIpc) is 2.57. The van der Waals surface area contributed by atoms with Crippen molar-refractivity contribution in [3.05, 3.63) is 35.4 Å². The van der Waals surface area contributed by atoms with Crippen molar-refractivity contribution in [3.63, 3.8) is 0 Å². The molecule has 1 unspecified atom stereocenters. The highest BCUT2D eigenvalue weighted by Crippen LogP contribution is 2.19. The molecule has 128 valence electrons. The van der Waals surface area contributed by atoms with Gasteiger partial charge in [-0.05, 0) is 36.5 Å². The summed E-state index contributed by atoms with van der Waals surface area (Å²) in [5.41, 5.74) is 0.448. The Morgan fingerprint density at radius 3 is 2.65 bits per heavy atom. The summed E-state index contributed by atoms with van der Waals surface area (Å²) < 4.78 is 31.5. The molecule has 7 heteroatoms. The number of piperidine rings is 1. The number of ether oxygens (including phenoxy) is 1. The summed E-state index contributed by atoms with van der Waals surface area (Å²) in [6.07, 6.45) is 1.51. The second-order valence-electron chi connectivity index (χ2n) is 5.74. The van der Waals surface area contributed by atoms with Gasteiger partial charge in [-0.25, -0.2) is 13.6 Å². The number of likely N-dealkylation sites (tertiary alicyclic amines) is 1. The maximum Gasteiger partial charge on any atom is 0.317 e. The lowest BCUT2D eigenvalue weighted by molar-refractivity contribution is 0.127. The smallest absolute Gasteiger partial charge is 0.317 e. The van der Waals surface area contributed by atoms with E-state index in [4.69, 9.17) is 9.84 Å². The summed E-state index contributed by atoms with van der Waals surface area (Å²) in [6.45, 7) is 1.42. The number of benzene rings is 1. The first-order chi connectivity index (χ1) is 11.0. The maximum atomic E-state index is 13.4. The molecule has 1 aliphatic heterocycles. The molecule has 0 bridgehead atoms. The zero-order chi connectivity index (χ0) is 16.8. The third kappa shape index (κ3) is 4.62. The zero-order valence-corrected chi connectivity index (χ0v) is 13.1. The van der Waals surface area contributed by atoms with E-state index in [0.29, 0.717) is 18.7 Å². The Morgan fingerprint density at radius 2 is 2.09 bits per heavy atom. The molecule has 1 fully saturated rings. The van der Waals surface area contributed by atoms with Gasteiger partial charge >= 0.3 is 6.03 Å². The summed E-state index contributed by atoms with van der Waals surface area (Å²) in [5.74, 6) is -1.65. The standard InChI is InChI=1S/C16H22F2N2O3/c1-23-10-15(12-2-3-13(17)14(18)8-12)19-16(22)20-6-4-11(9-21)5-7-20/h2-3,8,11,15,21H,4-7,9-10H2,1H3,(H,19,22). The minimum atomic E-state index is -0.957. The number of amides is 2. The van der Waals surface area contributed by atoms with Crippen molar-refractivity contribution in [2.24, 2.45) is 5.92 Å². The Bertz CT molecular complexity index is 534. The molecule has 1 heterocycles. The molecule has 0 aliphatic carbocycles. The van der Waals surface area contributed by atoms with E-state index < -0.39 is 17.7 Å². The number of nitrogens with one attached hydrogen (secondary N) is 1. The van der Waals surface area contributed by atoms with Crippen molar-refractivity contribution in [2.45, 2.75) is 18.9 Å². The quantitative estimate of drug-likeness (QED) is 0.870. The van der Waals surface area contributed by atoms with Crippen molar-refractivity contribution >= 4 is 6.03 Å². The van der Waals surface area contributed by atoms with Gasteiger partial charge in [0.1, 0.15) is 0 Å². The molecule has 0 saturated carbocycles. The minimum Gasteiger partial charge on any atom is -0.396 e. The van der Waals surface area contributed by atoms with Crippen LogP contribution in [0.4, 0.5) is 13.6 Å². The highest BCUT2D eigenvalue weighted by Gasteiger charge is 2.24. The van der Waals surface area contributed by atoms with Crippen LogP contribution < -0.4 is 5.32 Å². The normalized spacial score (nSPS) is 17.1. The number of carbonyl (C=O) groups excluding carboxylic acids is 1. The Kier molecular flexibility index (Phi) is 6.29. The number of carbonyl (C=O) groups is 1. The highest BCUT2D eigenvalue weighted by molar-refractivity contribution is 5.74. The number of halogens is 2. The lowest BCUT2D eigenvalue weighted by atomic mass is 9.98. The average molecular weight is 328 g/mol. The number of urea groups is 1. The Labute approximate surface area is 134 Å². The van der Waals surface area contributed by atoms with Crippen LogP contribution in [-0.4, -0.2) is 49.5 Å². The molecule has 2 N–H and O–H groups in total. The van der Waals surface area contributed by atoms with E-state index in [-0.39, 0.29) is 25.2 Å². The monoisotopic (exact) mass is 328 g/mol. The Hall–Kier alpha value is -1.73. The molecular formula is C16H22F2N2O3. The van der Waals surface area contributed by atoms with Crippen LogP contribution in [0.25, 0.3) is 0 Å². The molecule has 1 saturated heterocycles. The summed E-state index contributed by atoms with van der Waals surface area (Å²) in [6, 6.07) is 2.70. The van der Waals surface area contributed by atoms with Gasteiger partial charge in [0, 0.05) is 26.8 Å². The number of aliphatic hydroxyl groups excluding tert-OH is 1. The van der Waals surface area contributed by atoms with Crippen LogP contribution in [0.3, 0.4) is 0 Å². The van der Waals surface area contributed by atoms with Crippen LogP contribution in [0.1, 0.15) is 24.4 Å². The number of hydrogen-bond donors (Lipinski definition) is 2. The summed E-state index contributed by atoms with van der Waals surface area (Å²) >= 11 is 0. The van der Waals surface area contributed by atoms with E-state index >= 15 is 0 Å². The second-order valence-corrected chi connectivity index (χ2v) is 5.74. The molecule has 1 aromatic carbocycles. The Morgan fingerprint density at radius 1 is 1.39 bits per heavy atom. The van der Waals surface area contributed by atoms with E-state index in [9.17, 15) is 13.6 Å². The SMILES string of the molecule is COCC(NC(=O)N1CCC(CO)CC1)c1ccc(F)c(F)c1.